The predicted molar refractivity (Wildman–Crippen MR) is 105 cm³/mol. The first-order valence-electron chi connectivity index (χ1n) is 9.77. The van der Waals surface area contributed by atoms with Crippen molar-refractivity contribution in [3.05, 3.63) is 47.7 Å². The maximum Gasteiger partial charge on any atom is 0.393 e. The molecule has 3 aromatic rings. The van der Waals surface area contributed by atoms with Crippen molar-refractivity contribution in [1.29, 1.82) is 0 Å². The molecule has 1 aliphatic carbocycles. The zero-order chi connectivity index (χ0) is 20.6. The number of nitrogens with zero attached hydrogens (tertiary/aromatic N) is 3. The molecule has 0 bridgehead atoms. The van der Waals surface area contributed by atoms with Gasteiger partial charge in [0.15, 0.2) is 0 Å². The van der Waals surface area contributed by atoms with E-state index in [2.05, 4.69) is 15.5 Å². The molecule has 0 radical (unpaired) electrons. The minimum Gasteiger partial charge on any atom is -0.391 e. The maximum atomic E-state index is 13.1. The maximum absolute atomic E-state index is 13.1. The van der Waals surface area contributed by atoms with Crippen molar-refractivity contribution in [2.75, 3.05) is 5.32 Å². The van der Waals surface area contributed by atoms with Gasteiger partial charge >= 0.3 is 6.18 Å². The first-order valence-corrected chi connectivity index (χ1v) is 9.77. The normalized spacial score (nSPS) is 20.2. The highest BCUT2D eigenvalue weighted by atomic mass is 19.4. The van der Waals surface area contributed by atoms with Gasteiger partial charge in [0.2, 0.25) is 5.95 Å². The quantitative estimate of drug-likeness (QED) is 0.671. The Labute approximate surface area is 166 Å². The van der Waals surface area contributed by atoms with Crippen LogP contribution in [-0.2, 0) is 6.42 Å². The van der Waals surface area contributed by atoms with Crippen LogP contribution < -0.4 is 5.32 Å². The Bertz CT molecular complexity index is 1010. The first-order chi connectivity index (χ1) is 13.8. The molecule has 2 N–H and O–H groups in total. The van der Waals surface area contributed by atoms with Gasteiger partial charge in [0, 0.05) is 11.8 Å². The number of benzene rings is 1. The van der Waals surface area contributed by atoms with Gasteiger partial charge in [-0.3, -0.25) is 4.40 Å². The highest BCUT2D eigenvalue weighted by Gasteiger charge is 2.30. The largest absolute Gasteiger partial charge is 0.393 e. The summed E-state index contributed by atoms with van der Waals surface area (Å²) >= 11 is 0. The number of aliphatic hydroxyl groups excluding tert-OH is 1. The minimum absolute atomic E-state index is 0.116. The Kier molecular flexibility index (Phi) is 5.21. The molecular formula is C21H23F3N4O. The van der Waals surface area contributed by atoms with E-state index in [4.69, 9.17) is 0 Å². The van der Waals surface area contributed by atoms with E-state index in [0.717, 1.165) is 31.2 Å². The van der Waals surface area contributed by atoms with Crippen LogP contribution in [-0.4, -0.2) is 38.0 Å². The summed E-state index contributed by atoms with van der Waals surface area (Å²) < 4.78 is 41.1. The van der Waals surface area contributed by atoms with Crippen molar-refractivity contribution in [3.8, 4) is 11.3 Å². The number of aliphatic hydroxyl groups is 1. The van der Waals surface area contributed by atoms with Gasteiger partial charge in [0.1, 0.15) is 5.69 Å². The number of fused-ring (bicyclic) bond motifs is 1. The summed E-state index contributed by atoms with van der Waals surface area (Å²) in [6.07, 6.45) is -0.394. The van der Waals surface area contributed by atoms with E-state index >= 15 is 0 Å². The van der Waals surface area contributed by atoms with Crippen LogP contribution in [0.15, 0.2) is 36.5 Å². The Morgan fingerprint density at radius 2 is 1.97 bits per heavy atom. The van der Waals surface area contributed by atoms with Crippen molar-refractivity contribution in [2.24, 2.45) is 0 Å². The van der Waals surface area contributed by atoms with E-state index in [0.29, 0.717) is 22.7 Å². The molecule has 1 saturated carbocycles. The van der Waals surface area contributed by atoms with Crippen molar-refractivity contribution >= 4 is 11.5 Å². The SMILES string of the molecule is Cc1ccc(-c2nnc(N[C@@H]3CCCC[C@H]3O)n3cccc23)c(CC(F)(F)F)c1. The number of halogens is 3. The zero-order valence-electron chi connectivity index (χ0n) is 16.1. The second-order valence-corrected chi connectivity index (χ2v) is 7.69. The standard InChI is InChI=1S/C21H23F3N4O/c1-13-8-9-15(14(11-13)12-21(22,23)24)19-17-6-4-10-28(17)20(27-26-19)25-16-5-2-3-7-18(16)29/h4,6,8-11,16,18,29H,2-3,5,7,12H2,1H3,(H,25,27)/t16-,18-/m1/s1. The van der Waals surface area contributed by atoms with Crippen LogP contribution in [0.4, 0.5) is 19.1 Å². The van der Waals surface area contributed by atoms with Gasteiger partial charge in [-0.2, -0.15) is 13.2 Å². The minimum atomic E-state index is -4.31. The zero-order valence-corrected chi connectivity index (χ0v) is 16.1. The monoisotopic (exact) mass is 404 g/mol. The van der Waals surface area contributed by atoms with Gasteiger partial charge in [0.05, 0.1) is 24.1 Å². The number of hydrogen-bond acceptors (Lipinski definition) is 4. The fourth-order valence-electron chi connectivity index (χ4n) is 4.01. The lowest BCUT2D eigenvalue weighted by Crippen LogP contribution is -2.37. The number of rotatable bonds is 4. The molecule has 0 spiro atoms. The fraction of sp³-hybridized carbons (Fsp3) is 0.429. The van der Waals surface area contributed by atoms with Crippen LogP contribution in [0.2, 0.25) is 0 Å². The number of anilines is 1. The smallest absolute Gasteiger partial charge is 0.391 e. The first kappa shape index (κ1) is 19.7. The van der Waals surface area contributed by atoms with Gasteiger partial charge in [-0.15, -0.1) is 10.2 Å². The van der Waals surface area contributed by atoms with Gasteiger partial charge < -0.3 is 10.4 Å². The lowest BCUT2D eigenvalue weighted by molar-refractivity contribution is -0.127. The molecule has 154 valence electrons. The third kappa shape index (κ3) is 4.22. The summed E-state index contributed by atoms with van der Waals surface area (Å²) in [6, 6.07) is 8.50. The average molecular weight is 404 g/mol. The molecule has 5 nitrogen and oxygen atoms in total. The summed E-state index contributed by atoms with van der Waals surface area (Å²) in [6.45, 7) is 1.77. The lowest BCUT2D eigenvalue weighted by atomic mass is 9.93. The number of alkyl halides is 3. The van der Waals surface area contributed by atoms with Gasteiger partial charge in [0.25, 0.3) is 0 Å². The van der Waals surface area contributed by atoms with E-state index < -0.39 is 18.7 Å². The van der Waals surface area contributed by atoms with E-state index in [-0.39, 0.29) is 11.6 Å². The van der Waals surface area contributed by atoms with Crippen molar-refractivity contribution in [1.82, 2.24) is 14.6 Å². The second kappa shape index (κ2) is 7.67. The highest BCUT2D eigenvalue weighted by Crippen LogP contribution is 2.32. The second-order valence-electron chi connectivity index (χ2n) is 7.69. The van der Waals surface area contributed by atoms with Crippen LogP contribution in [0.25, 0.3) is 16.8 Å². The molecular weight excluding hydrogens is 381 g/mol. The molecule has 2 heterocycles. The van der Waals surface area contributed by atoms with E-state index in [9.17, 15) is 18.3 Å². The van der Waals surface area contributed by atoms with Gasteiger partial charge in [-0.05, 0) is 37.5 Å². The molecule has 8 heteroatoms. The number of aryl methyl sites for hydroxylation is 1. The van der Waals surface area contributed by atoms with Crippen molar-refractivity contribution in [2.45, 2.75) is 57.3 Å². The summed E-state index contributed by atoms with van der Waals surface area (Å²) in [4.78, 5) is 0. The molecule has 2 atom stereocenters. The van der Waals surface area contributed by atoms with E-state index in [1.54, 1.807) is 35.7 Å². The van der Waals surface area contributed by atoms with Gasteiger partial charge in [-0.1, -0.05) is 36.6 Å². The lowest BCUT2D eigenvalue weighted by Gasteiger charge is -2.28. The van der Waals surface area contributed by atoms with Crippen LogP contribution >= 0.6 is 0 Å². The van der Waals surface area contributed by atoms with Gasteiger partial charge in [-0.25, -0.2) is 0 Å². The Hall–Kier alpha value is -2.61. The summed E-state index contributed by atoms with van der Waals surface area (Å²) in [5.41, 5.74) is 2.44. The molecule has 29 heavy (non-hydrogen) atoms. The van der Waals surface area contributed by atoms with Crippen LogP contribution in [0, 0.1) is 6.92 Å². The summed E-state index contributed by atoms with van der Waals surface area (Å²) in [5.74, 6) is 0.476. The van der Waals surface area contributed by atoms with Crippen molar-refractivity contribution < 1.29 is 18.3 Å². The third-order valence-electron chi connectivity index (χ3n) is 5.42. The molecule has 1 aliphatic rings. The number of hydrogen-bond donors (Lipinski definition) is 2. The molecule has 2 aromatic heterocycles. The fourth-order valence-corrected chi connectivity index (χ4v) is 4.01. The molecule has 0 unspecified atom stereocenters. The molecule has 4 rings (SSSR count). The summed E-state index contributed by atoms with van der Waals surface area (Å²) in [5, 5.41) is 22.0. The van der Waals surface area contributed by atoms with Crippen LogP contribution in [0.3, 0.4) is 0 Å². The van der Waals surface area contributed by atoms with Crippen LogP contribution in [0.1, 0.15) is 36.8 Å². The third-order valence-corrected chi connectivity index (χ3v) is 5.42. The highest BCUT2D eigenvalue weighted by molar-refractivity contribution is 5.80. The molecule has 1 aromatic carbocycles. The Morgan fingerprint density at radius 1 is 1.17 bits per heavy atom. The van der Waals surface area contributed by atoms with Crippen molar-refractivity contribution in [3.63, 3.8) is 0 Å². The number of aromatic nitrogens is 3. The van der Waals surface area contributed by atoms with E-state index in [1.807, 2.05) is 12.1 Å². The predicted octanol–water partition coefficient (Wildman–Crippen LogP) is 4.52. The summed E-state index contributed by atoms with van der Waals surface area (Å²) in [7, 11) is 0. The number of nitrogens with one attached hydrogen (secondary N) is 1. The molecule has 0 aliphatic heterocycles. The average Bonchev–Trinajstić information content (AvgIpc) is 3.13. The molecule has 0 saturated heterocycles. The van der Waals surface area contributed by atoms with E-state index in [1.165, 1.54) is 0 Å². The molecule has 1 fully saturated rings. The molecule has 0 amide bonds. The Morgan fingerprint density at radius 3 is 2.72 bits per heavy atom. The topological polar surface area (TPSA) is 62.5 Å². The van der Waals surface area contributed by atoms with Crippen LogP contribution in [0.5, 0.6) is 0 Å². The Balaban J connectivity index is 1.74.